The van der Waals surface area contributed by atoms with Crippen molar-refractivity contribution in [3.05, 3.63) is 92.1 Å². The summed E-state index contributed by atoms with van der Waals surface area (Å²) in [7, 11) is 0. The highest BCUT2D eigenvalue weighted by molar-refractivity contribution is 5.88. The van der Waals surface area contributed by atoms with Crippen molar-refractivity contribution in [2.45, 2.75) is 32.9 Å². The van der Waals surface area contributed by atoms with Crippen LogP contribution in [-0.4, -0.2) is 30.9 Å². The van der Waals surface area contributed by atoms with Crippen molar-refractivity contribution in [1.82, 2.24) is 24.5 Å². The minimum atomic E-state index is -0.724. The minimum absolute atomic E-state index is 0.0592. The van der Waals surface area contributed by atoms with Crippen molar-refractivity contribution in [2.24, 2.45) is 5.84 Å². The van der Waals surface area contributed by atoms with Crippen LogP contribution < -0.4 is 27.8 Å². The highest BCUT2D eigenvalue weighted by Gasteiger charge is 2.19. The number of rotatable bonds is 8. The van der Waals surface area contributed by atoms with Crippen molar-refractivity contribution >= 4 is 28.7 Å². The van der Waals surface area contributed by atoms with E-state index >= 15 is 0 Å². The maximum Gasteiger partial charge on any atom is 0.333 e. The average molecular weight is 493 g/mol. The molecule has 2 heterocycles. The molecule has 0 aliphatic carbocycles. The number of fused-ring (bicyclic) bond motifs is 1. The molecule has 0 unspecified atom stereocenters. The Morgan fingerprint density at radius 2 is 1.81 bits per heavy atom. The van der Waals surface area contributed by atoms with Gasteiger partial charge in [0.25, 0.3) is 5.56 Å². The van der Waals surface area contributed by atoms with E-state index in [0.29, 0.717) is 17.9 Å². The van der Waals surface area contributed by atoms with Gasteiger partial charge in [-0.2, -0.15) is 0 Å². The molecule has 11 nitrogen and oxygen atoms in total. The van der Waals surface area contributed by atoms with Crippen LogP contribution in [0, 0.1) is 5.82 Å². The number of halogens is 1. The number of nitrogens with two attached hydrogens (primary N) is 1. The highest BCUT2D eigenvalue weighted by Crippen LogP contribution is 2.15. The Morgan fingerprint density at radius 3 is 2.47 bits per heavy atom. The first-order valence-electron chi connectivity index (χ1n) is 11.1. The number of aromatic nitrogens is 4. The van der Waals surface area contributed by atoms with Crippen LogP contribution >= 0.6 is 0 Å². The number of carbonyl (C=O) groups is 2. The number of nitrogens with zero attached hydrogens (tertiary/aromatic N) is 3. The molecule has 2 amide bonds. The van der Waals surface area contributed by atoms with E-state index in [-0.39, 0.29) is 42.1 Å². The predicted molar refractivity (Wildman–Crippen MR) is 131 cm³/mol. The summed E-state index contributed by atoms with van der Waals surface area (Å²) in [6.07, 6.45) is 0.176. The Hall–Kier alpha value is -4.58. The minimum Gasteiger partial charge on any atom is -0.336 e. The lowest BCUT2D eigenvalue weighted by molar-refractivity contribution is -0.121. The summed E-state index contributed by atoms with van der Waals surface area (Å²) >= 11 is 0. The van der Waals surface area contributed by atoms with Gasteiger partial charge in [-0.1, -0.05) is 30.3 Å². The topological polar surface area (TPSA) is 157 Å². The molecule has 0 fully saturated rings. The number of imidazole rings is 1. The van der Waals surface area contributed by atoms with Gasteiger partial charge in [0.05, 0.1) is 6.54 Å². The van der Waals surface area contributed by atoms with E-state index in [4.69, 9.17) is 5.84 Å². The van der Waals surface area contributed by atoms with Crippen LogP contribution in [0.4, 0.5) is 10.1 Å². The lowest BCUT2D eigenvalue weighted by atomic mass is 10.1. The molecule has 4 aromatic rings. The Labute approximate surface area is 203 Å². The van der Waals surface area contributed by atoms with Crippen LogP contribution in [0.1, 0.15) is 30.3 Å². The molecule has 12 heteroatoms. The molecule has 5 N–H and O–H groups in total. The zero-order valence-electron chi connectivity index (χ0n) is 19.4. The second-order valence-corrected chi connectivity index (χ2v) is 8.17. The molecule has 0 aliphatic heterocycles. The van der Waals surface area contributed by atoms with E-state index in [2.05, 4.69) is 15.3 Å². The number of hydrogen-bond donors (Lipinski definition) is 4. The molecule has 0 radical (unpaired) electrons. The van der Waals surface area contributed by atoms with Crippen LogP contribution in [0.5, 0.6) is 0 Å². The average Bonchev–Trinajstić information content (AvgIpc) is 3.27. The fraction of sp³-hybridized carbons (Fsp3) is 0.208. The van der Waals surface area contributed by atoms with Gasteiger partial charge in [0, 0.05) is 37.6 Å². The highest BCUT2D eigenvalue weighted by atomic mass is 19.1. The molecular formula is C24H24FN7O4. The van der Waals surface area contributed by atoms with Gasteiger partial charge in [-0.3, -0.25) is 28.9 Å². The smallest absolute Gasteiger partial charge is 0.333 e. The number of benzene rings is 2. The van der Waals surface area contributed by atoms with Gasteiger partial charge in [-0.15, -0.1) is 0 Å². The van der Waals surface area contributed by atoms with Gasteiger partial charge >= 0.3 is 5.69 Å². The third-order valence-electron chi connectivity index (χ3n) is 5.57. The zero-order chi connectivity index (χ0) is 25.8. The molecule has 0 spiro atoms. The fourth-order valence-corrected chi connectivity index (χ4v) is 3.82. The van der Waals surface area contributed by atoms with E-state index in [1.54, 1.807) is 30.3 Å². The number of hydrazine groups is 1. The van der Waals surface area contributed by atoms with Crippen LogP contribution in [0.15, 0.2) is 58.1 Å². The molecule has 2 aromatic heterocycles. The summed E-state index contributed by atoms with van der Waals surface area (Å²) in [4.78, 5) is 56.9. The molecule has 0 saturated heterocycles. The zero-order valence-corrected chi connectivity index (χ0v) is 19.4. The van der Waals surface area contributed by atoms with E-state index in [1.807, 2.05) is 5.43 Å². The van der Waals surface area contributed by atoms with Gasteiger partial charge in [-0.25, -0.2) is 20.0 Å². The van der Waals surface area contributed by atoms with Gasteiger partial charge < -0.3 is 10.3 Å². The monoisotopic (exact) mass is 493 g/mol. The summed E-state index contributed by atoms with van der Waals surface area (Å²) in [6.45, 7) is 1.03. The van der Waals surface area contributed by atoms with Crippen LogP contribution in [0.2, 0.25) is 0 Å². The number of anilines is 1. The summed E-state index contributed by atoms with van der Waals surface area (Å²) in [6, 6.07) is 12.9. The Morgan fingerprint density at radius 1 is 1.08 bits per heavy atom. The third kappa shape index (κ3) is 5.23. The SMILES string of the molecule is CC(=O)Nc1ccc(Cc2nc3c([nH]2)c(=O)n(Cc2ccccc2F)c(=O)n3CCC(=O)NN)cc1. The van der Waals surface area contributed by atoms with Gasteiger partial charge in [0.1, 0.15) is 17.2 Å². The van der Waals surface area contributed by atoms with E-state index in [9.17, 15) is 23.6 Å². The van der Waals surface area contributed by atoms with Gasteiger partial charge in [0.2, 0.25) is 11.8 Å². The Kier molecular flexibility index (Phi) is 7.06. The standard InChI is InChI=1S/C24H24FN7O4/c1-14(33)27-17-8-6-15(7-9-17)12-19-28-21-22(29-19)31(11-10-20(34)30-26)24(36)32(23(21)35)13-16-4-2-3-5-18(16)25/h2-9H,10-13,26H2,1H3,(H,27,33)(H,28,29)(H,30,34). The number of nitrogens with one attached hydrogen (secondary N) is 3. The lowest BCUT2D eigenvalue weighted by Gasteiger charge is -2.11. The molecule has 0 bridgehead atoms. The van der Waals surface area contributed by atoms with E-state index in [1.165, 1.54) is 29.7 Å². The summed E-state index contributed by atoms with van der Waals surface area (Å²) in [5, 5.41) is 2.68. The quantitative estimate of drug-likeness (QED) is 0.163. The number of aromatic amines is 1. The molecule has 0 atom stereocenters. The third-order valence-corrected chi connectivity index (χ3v) is 5.57. The number of hydrogen-bond acceptors (Lipinski definition) is 6. The van der Waals surface area contributed by atoms with Crippen molar-refractivity contribution < 1.29 is 14.0 Å². The van der Waals surface area contributed by atoms with Gasteiger partial charge in [0.15, 0.2) is 5.65 Å². The normalized spacial score (nSPS) is 11.0. The van der Waals surface area contributed by atoms with Crippen molar-refractivity contribution in [3.63, 3.8) is 0 Å². The Balaban J connectivity index is 1.76. The number of H-pyrrole nitrogens is 1. The van der Waals surface area contributed by atoms with Gasteiger partial charge in [-0.05, 0) is 23.8 Å². The maximum absolute atomic E-state index is 14.3. The van der Waals surface area contributed by atoms with Crippen molar-refractivity contribution in [3.8, 4) is 0 Å². The first-order valence-corrected chi connectivity index (χ1v) is 11.1. The van der Waals surface area contributed by atoms with Crippen molar-refractivity contribution in [2.75, 3.05) is 5.32 Å². The molecular weight excluding hydrogens is 469 g/mol. The largest absolute Gasteiger partial charge is 0.336 e. The first kappa shape index (κ1) is 24.5. The molecule has 36 heavy (non-hydrogen) atoms. The second kappa shape index (κ2) is 10.4. The molecule has 0 aliphatic rings. The van der Waals surface area contributed by atoms with E-state index < -0.39 is 23.0 Å². The van der Waals surface area contributed by atoms with Crippen LogP contribution in [0.3, 0.4) is 0 Å². The Bertz CT molecular complexity index is 1550. The molecule has 186 valence electrons. The van der Waals surface area contributed by atoms with Crippen LogP contribution in [-0.2, 0) is 29.1 Å². The number of carbonyl (C=O) groups excluding carboxylic acids is 2. The van der Waals surface area contributed by atoms with Crippen molar-refractivity contribution in [1.29, 1.82) is 0 Å². The van der Waals surface area contributed by atoms with E-state index in [0.717, 1.165) is 10.1 Å². The fourth-order valence-electron chi connectivity index (χ4n) is 3.82. The molecule has 0 saturated carbocycles. The number of amides is 2. The predicted octanol–water partition coefficient (Wildman–Crippen LogP) is 1.00. The summed E-state index contributed by atoms with van der Waals surface area (Å²) in [5.41, 5.74) is 2.42. The second-order valence-electron chi connectivity index (χ2n) is 8.17. The summed E-state index contributed by atoms with van der Waals surface area (Å²) < 4.78 is 16.4. The summed E-state index contributed by atoms with van der Waals surface area (Å²) in [5.74, 6) is 4.33. The molecule has 2 aromatic carbocycles. The maximum atomic E-state index is 14.3. The number of aryl methyl sites for hydroxylation is 1. The molecule has 4 rings (SSSR count). The van der Waals surface area contributed by atoms with Crippen LogP contribution in [0.25, 0.3) is 11.2 Å². The first-order chi connectivity index (χ1) is 17.3. The lowest BCUT2D eigenvalue weighted by Crippen LogP contribution is -2.41.